The Morgan fingerprint density at radius 2 is 1.85 bits per heavy atom. The first kappa shape index (κ1) is 22.8. The van der Waals surface area contributed by atoms with Crippen molar-refractivity contribution in [3.05, 3.63) is 30.2 Å². The van der Waals surface area contributed by atoms with Crippen LogP contribution in [0.25, 0.3) is 5.82 Å². The van der Waals surface area contributed by atoms with Gasteiger partial charge in [0, 0.05) is 25.2 Å². The predicted molar refractivity (Wildman–Crippen MR) is 122 cm³/mol. The number of aromatic nitrogens is 5. The van der Waals surface area contributed by atoms with Crippen molar-refractivity contribution in [3.63, 3.8) is 0 Å². The van der Waals surface area contributed by atoms with Crippen LogP contribution in [0.3, 0.4) is 0 Å². The maximum Gasteiger partial charge on any atom is 0.314 e. The molecule has 176 valence electrons. The number of aryl methyl sites for hydroxylation is 1. The second-order valence-corrected chi connectivity index (χ2v) is 8.94. The third-order valence-corrected chi connectivity index (χ3v) is 6.13. The molecule has 2 aromatic rings. The van der Waals surface area contributed by atoms with Gasteiger partial charge in [-0.15, -0.1) is 0 Å². The zero-order chi connectivity index (χ0) is 23.5. The van der Waals surface area contributed by atoms with Crippen LogP contribution in [0.5, 0.6) is 0 Å². The SMILES string of the molecule is C/C(=N\OC(=N)N1CCC(N(C(=O)c2cnc(-n3cnc(C)n3)cn2)C2CC2)CC1)C(C)C. The van der Waals surface area contributed by atoms with Crippen LogP contribution < -0.4 is 0 Å². The molecule has 3 heterocycles. The van der Waals surface area contributed by atoms with Gasteiger partial charge in [0.05, 0.1) is 18.1 Å². The fourth-order valence-corrected chi connectivity index (χ4v) is 3.75. The van der Waals surface area contributed by atoms with Crippen LogP contribution in [0.1, 0.15) is 62.8 Å². The first-order valence-corrected chi connectivity index (χ1v) is 11.4. The summed E-state index contributed by atoms with van der Waals surface area (Å²) in [7, 11) is 0. The van der Waals surface area contributed by atoms with Crippen LogP contribution in [0, 0.1) is 18.3 Å². The number of hydrogen-bond acceptors (Lipinski definition) is 8. The van der Waals surface area contributed by atoms with E-state index >= 15 is 0 Å². The molecule has 1 amide bonds. The summed E-state index contributed by atoms with van der Waals surface area (Å²) >= 11 is 0. The Balaban J connectivity index is 1.38. The van der Waals surface area contributed by atoms with E-state index in [-0.39, 0.29) is 29.9 Å². The molecular formula is C22H31N9O2. The summed E-state index contributed by atoms with van der Waals surface area (Å²) in [6.45, 7) is 9.06. The lowest BCUT2D eigenvalue weighted by molar-refractivity contribution is 0.0569. The fraction of sp³-hybridized carbons (Fsp3) is 0.591. The van der Waals surface area contributed by atoms with Crippen LogP contribution in [0.2, 0.25) is 0 Å². The van der Waals surface area contributed by atoms with Gasteiger partial charge in [-0.05, 0) is 45.4 Å². The van der Waals surface area contributed by atoms with E-state index in [1.807, 2.05) is 30.6 Å². The predicted octanol–water partition coefficient (Wildman–Crippen LogP) is 2.42. The van der Waals surface area contributed by atoms with E-state index in [2.05, 4.69) is 25.2 Å². The normalized spacial score (nSPS) is 17.4. The van der Waals surface area contributed by atoms with E-state index in [4.69, 9.17) is 10.2 Å². The summed E-state index contributed by atoms with van der Waals surface area (Å²) in [5.74, 6) is 1.35. The third-order valence-electron chi connectivity index (χ3n) is 6.13. The van der Waals surface area contributed by atoms with E-state index in [0.29, 0.717) is 30.4 Å². The van der Waals surface area contributed by atoms with Gasteiger partial charge in [0.1, 0.15) is 17.8 Å². The molecular weight excluding hydrogens is 422 g/mol. The molecule has 11 heteroatoms. The van der Waals surface area contributed by atoms with Gasteiger partial charge in [-0.3, -0.25) is 4.79 Å². The van der Waals surface area contributed by atoms with Gasteiger partial charge in [0.2, 0.25) is 0 Å². The van der Waals surface area contributed by atoms with Crippen molar-refractivity contribution in [3.8, 4) is 5.82 Å². The highest BCUT2D eigenvalue weighted by molar-refractivity contribution is 5.92. The monoisotopic (exact) mass is 453 g/mol. The molecule has 2 fully saturated rings. The van der Waals surface area contributed by atoms with E-state index in [1.54, 1.807) is 19.4 Å². The third kappa shape index (κ3) is 5.35. The molecule has 0 unspecified atom stereocenters. The molecule has 0 bridgehead atoms. The highest BCUT2D eigenvalue weighted by atomic mass is 16.6. The van der Waals surface area contributed by atoms with Crippen LogP contribution in [-0.4, -0.2) is 77.3 Å². The van der Waals surface area contributed by atoms with Gasteiger partial charge in [-0.1, -0.05) is 19.0 Å². The Morgan fingerprint density at radius 3 is 2.39 bits per heavy atom. The molecule has 0 aromatic carbocycles. The Kier molecular flexibility index (Phi) is 6.66. The molecule has 0 spiro atoms. The molecule has 33 heavy (non-hydrogen) atoms. The van der Waals surface area contributed by atoms with E-state index in [0.717, 1.165) is 31.4 Å². The number of nitrogens with one attached hydrogen (secondary N) is 1. The Bertz CT molecular complexity index is 1020. The highest BCUT2D eigenvalue weighted by Gasteiger charge is 2.40. The first-order chi connectivity index (χ1) is 15.8. The van der Waals surface area contributed by atoms with Gasteiger partial charge >= 0.3 is 6.02 Å². The van der Waals surface area contributed by atoms with Crippen molar-refractivity contribution in [1.29, 1.82) is 5.41 Å². The number of carbonyl (C=O) groups excluding carboxylic acids is 1. The number of hydrogen-bond donors (Lipinski definition) is 1. The summed E-state index contributed by atoms with van der Waals surface area (Å²) in [6.07, 6.45) is 8.19. The summed E-state index contributed by atoms with van der Waals surface area (Å²) in [5, 5.41) is 16.5. The quantitative estimate of drug-likeness (QED) is 0.404. The number of nitrogens with zero attached hydrogens (tertiary/aromatic N) is 8. The largest absolute Gasteiger partial charge is 0.331 e. The smallest absolute Gasteiger partial charge is 0.314 e. The molecule has 1 N–H and O–H groups in total. The molecule has 1 aliphatic heterocycles. The molecule has 4 rings (SSSR count). The van der Waals surface area contributed by atoms with E-state index in [9.17, 15) is 4.79 Å². The van der Waals surface area contributed by atoms with Crippen LogP contribution in [-0.2, 0) is 4.84 Å². The molecule has 1 saturated heterocycles. The Morgan fingerprint density at radius 1 is 1.15 bits per heavy atom. The molecule has 1 aliphatic carbocycles. The van der Waals surface area contributed by atoms with Gasteiger partial charge in [-0.2, -0.15) is 5.10 Å². The standard InChI is InChI=1S/C22H31N9O2/c1-14(2)15(3)28-33-22(23)29-9-7-18(8-10-29)31(17-5-6-17)21(32)19-11-25-20(12-24-19)30-13-26-16(4)27-30/h11-14,17-18,23H,5-10H2,1-4H3/b23-22?,28-15+. The maximum atomic E-state index is 13.3. The second kappa shape index (κ2) is 9.63. The lowest BCUT2D eigenvalue weighted by Gasteiger charge is -2.38. The van der Waals surface area contributed by atoms with Crippen molar-refractivity contribution in [1.82, 2.24) is 34.5 Å². The maximum absolute atomic E-state index is 13.3. The second-order valence-electron chi connectivity index (χ2n) is 8.94. The number of amides is 1. The van der Waals surface area contributed by atoms with E-state index in [1.165, 1.54) is 10.9 Å². The highest BCUT2D eigenvalue weighted by Crippen LogP contribution is 2.33. The van der Waals surface area contributed by atoms with Crippen molar-refractivity contribution in [2.75, 3.05) is 13.1 Å². The molecule has 0 atom stereocenters. The lowest BCUT2D eigenvalue weighted by Crippen LogP contribution is -2.50. The minimum Gasteiger partial charge on any atom is -0.331 e. The lowest BCUT2D eigenvalue weighted by atomic mass is 10.0. The number of carbonyl (C=O) groups is 1. The van der Waals surface area contributed by atoms with Crippen molar-refractivity contribution in [2.45, 2.75) is 65.5 Å². The van der Waals surface area contributed by atoms with Gasteiger partial charge < -0.3 is 14.6 Å². The minimum absolute atomic E-state index is 0.0579. The summed E-state index contributed by atoms with van der Waals surface area (Å²) in [4.78, 5) is 35.3. The molecule has 1 saturated carbocycles. The van der Waals surface area contributed by atoms with Gasteiger partial charge in [0.25, 0.3) is 5.91 Å². The minimum atomic E-state index is -0.0896. The zero-order valence-corrected chi connectivity index (χ0v) is 19.6. The zero-order valence-electron chi connectivity index (χ0n) is 19.6. The number of amidine groups is 1. The van der Waals surface area contributed by atoms with Crippen LogP contribution in [0.15, 0.2) is 23.9 Å². The molecule has 2 aromatic heterocycles. The summed E-state index contributed by atoms with van der Waals surface area (Å²) in [5.41, 5.74) is 1.19. The number of likely N-dealkylation sites (tertiary alicyclic amines) is 1. The van der Waals surface area contributed by atoms with Crippen LogP contribution in [0.4, 0.5) is 0 Å². The molecule has 2 aliphatic rings. The Labute approximate surface area is 193 Å². The average molecular weight is 454 g/mol. The fourth-order valence-electron chi connectivity index (χ4n) is 3.75. The summed E-state index contributed by atoms with van der Waals surface area (Å²) < 4.78 is 1.54. The van der Waals surface area contributed by atoms with E-state index < -0.39 is 0 Å². The van der Waals surface area contributed by atoms with Gasteiger partial charge in [-0.25, -0.2) is 25.0 Å². The topological polar surface area (TPSA) is 125 Å². The molecule has 0 radical (unpaired) electrons. The Hall–Kier alpha value is -3.37. The molecule has 11 nitrogen and oxygen atoms in total. The number of rotatable bonds is 6. The van der Waals surface area contributed by atoms with Crippen molar-refractivity contribution in [2.24, 2.45) is 11.1 Å². The van der Waals surface area contributed by atoms with Gasteiger partial charge in [0.15, 0.2) is 5.82 Å². The average Bonchev–Trinajstić information content (AvgIpc) is 3.56. The van der Waals surface area contributed by atoms with Crippen molar-refractivity contribution < 1.29 is 9.63 Å². The number of piperidine rings is 1. The van der Waals surface area contributed by atoms with Crippen molar-refractivity contribution >= 4 is 17.6 Å². The summed E-state index contributed by atoms with van der Waals surface area (Å²) in [6, 6.07) is 0.416. The van der Waals surface area contributed by atoms with Crippen LogP contribution >= 0.6 is 0 Å². The first-order valence-electron chi connectivity index (χ1n) is 11.4. The number of oxime groups is 1.